The fraction of sp³-hybridized carbons (Fsp3) is 0.500. The van der Waals surface area contributed by atoms with Crippen molar-refractivity contribution < 1.29 is 5.11 Å². The number of hydrogen-bond acceptors (Lipinski definition) is 2. The predicted octanol–water partition coefficient (Wildman–Crippen LogP) is 2.27. The van der Waals surface area contributed by atoms with Gasteiger partial charge in [-0.25, -0.2) is 0 Å². The number of benzene rings is 1. The van der Waals surface area contributed by atoms with E-state index in [0.29, 0.717) is 25.3 Å². The molecular weight excluding hydrogens is 226 g/mol. The summed E-state index contributed by atoms with van der Waals surface area (Å²) in [7, 11) is 0. The van der Waals surface area contributed by atoms with E-state index in [1.54, 1.807) is 0 Å². The molecule has 18 heavy (non-hydrogen) atoms. The minimum absolute atomic E-state index is 0.324. The minimum atomic E-state index is -0.751. The maximum Gasteiger partial charge on any atom is 0.193 e. The van der Waals surface area contributed by atoms with Crippen molar-refractivity contribution in [3.8, 4) is 0 Å². The summed E-state index contributed by atoms with van der Waals surface area (Å²) < 4.78 is 0. The van der Waals surface area contributed by atoms with Crippen molar-refractivity contribution in [2.24, 2.45) is 10.7 Å². The molecule has 0 bridgehead atoms. The quantitative estimate of drug-likeness (QED) is 0.554. The van der Waals surface area contributed by atoms with Gasteiger partial charge in [0.2, 0.25) is 0 Å². The van der Waals surface area contributed by atoms with Gasteiger partial charge in [-0.15, -0.1) is 0 Å². The summed E-state index contributed by atoms with van der Waals surface area (Å²) in [6, 6.07) is 7.90. The van der Waals surface area contributed by atoms with Gasteiger partial charge in [-0.1, -0.05) is 26.0 Å². The molecule has 0 atom stereocenters. The first-order valence-corrected chi connectivity index (χ1v) is 6.35. The lowest BCUT2D eigenvalue weighted by Crippen LogP contribution is -2.33. The molecule has 0 heterocycles. The van der Waals surface area contributed by atoms with Crippen molar-refractivity contribution in [2.75, 3.05) is 11.9 Å². The van der Waals surface area contributed by atoms with Crippen LogP contribution in [0.3, 0.4) is 0 Å². The van der Waals surface area contributed by atoms with Crippen LogP contribution in [0, 0.1) is 6.92 Å². The highest BCUT2D eigenvalue weighted by Crippen LogP contribution is 2.15. The van der Waals surface area contributed by atoms with E-state index in [0.717, 1.165) is 11.3 Å². The highest BCUT2D eigenvalue weighted by Gasteiger charge is 2.21. The van der Waals surface area contributed by atoms with Crippen LogP contribution in [0.5, 0.6) is 0 Å². The normalized spacial score (nSPS) is 12.6. The van der Waals surface area contributed by atoms with Crippen LogP contribution in [0.25, 0.3) is 0 Å². The fourth-order valence-electron chi connectivity index (χ4n) is 1.62. The summed E-state index contributed by atoms with van der Waals surface area (Å²) in [6.07, 6.45) is 1.34. The van der Waals surface area contributed by atoms with E-state index in [9.17, 15) is 5.11 Å². The molecule has 0 saturated heterocycles. The third kappa shape index (κ3) is 4.37. The van der Waals surface area contributed by atoms with Gasteiger partial charge in [0.25, 0.3) is 0 Å². The molecule has 0 aliphatic carbocycles. The summed E-state index contributed by atoms with van der Waals surface area (Å²) in [5.41, 5.74) is 7.12. The molecule has 0 radical (unpaired) electrons. The van der Waals surface area contributed by atoms with Crippen molar-refractivity contribution in [3.05, 3.63) is 29.8 Å². The molecule has 0 aliphatic heterocycles. The van der Waals surface area contributed by atoms with Crippen LogP contribution in [0.4, 0.5) is 5.69 Å². The molecule has 0 fully saturated rings. The van der Waals surface area contributed by atoms with Gasteiger partial charge in [-0.3, -0.25) is 4.99 Å². The third-order valence-electron chi connectivity index (χ3n) is 3.15. The zero-order chi connectivity index (χ0) is 13.6. The smallest absolute Gasteiger partial charge is 0.193 e. The monoisotopic (exact) mass is 249 g/mol. The molecule has 0 aromatic heterocycles. The molecule has 0 aliphatic rings. The van der Waals surface area contributed by atoms with Crippen LogP contribution in [0.1, 0.15) is 32.3 Å². The molecule has 4 heteroatoms. The highest BCUT2D eigenvalue weighted by molar-refractivity contribution is 5.92. The lowest BCUT2D eigenvalue weighted by molar-refractivity contribution is 0.0419. The lowest BCUT2D eigenvalue weighted by Gasteiger charge is -2.22. The number of aliphatic hydroxyl groups is 1. The Labute approximate surface area is 109 Å². The molecule has 0 spiro atoms. The second kappa shape index (κ2) is 6.40. The number of rotatable bonds is 5. The summed E-state index contributed by atoms with van der Waals surface area (Å²) in [5, 5.41) is 13.1. The fourth-order valence-corrected chi connectivity index (χ4v) is 1.62. The number of anilines is 1. The van der Waals surface area contributed by atoms with Crippen LogP contribution in [-0.2, 0) is 0 Å². The second-order valence-corrected chi connectivity index (χ2v) is 4.63. The average molecular weight is 249 g/mol. The molecule has 1 rings (SSSR count). The number of nitrogens with two attached hydrogens (primary N) is 1. The van der Waals surface area contributed by atoms with Gasteiger partial charge in [-0.2, -0.15) is 0 Å². The van der Waals surface area contributed by atoms with Crippen LogP contribution < -0.4 is 11.1 Å². The molecule has 0 amide bonds. The Morgan fingerprint density at radius 3 is 2.61 bits per heavy atom. The van der Waals surface area contributed by atoms with E-state index in [1.165, 1.54) is 0 Å². The Balaban J connectivity index is 2.62. The maximum absolute atomic E-state index is 10.1. The zero-order valence-electron chi connectivity index (χ0n) is 11.4. The van der Waals surface area contributed by atoms with Crippen molar-refractivity contribution >= 4 is 11.6 Å². The first kappa shape index (κ1) is 14.5. The van der Waals surface area contributed by atoms with Crippen LogP contribution in [0.2, 0.25) is 0 Å². The Bertz CT molecular complexity index is 411. The van der Waals surface area contributed by atoms with E-state index in [-0.39, 0.29) is 0 Å². The van der Waals surface area contributed by atoms with E-state index in [2.05, 4.69) is 10.3 Å². The first-order valence-electron chi connectivity index (χ1n) is 6.35. The number of aryl methyl sites for hydroxylation is 1. The van der Waals surface area contributed by atoms with Gasteiger partial charge < -0.3 is 16.2 Å². The summed E-state index contributed by atoms with van der Waals surface area (Å²) in [4.78, 5) is 4.20. The molecule has 100 valence electrons. The van der Waals surface area contributed by atoms with Crippen LogP contribution in [-0.4, -0.2) is 23.2 Å². The van der Waals surface area contributed by atoms with Gasteiger partial charge in [0.05, 0.1) is 12.1 Å². The molecule has 1 aromatic carbocycles. The Kier molecular flexibility index (Phi) is 5.16. The van der Waals surface area contributed by atoms with Gasteiger partial charge >= 0.3 is 0 Å². The SMILES string of the molecule is CCC(O)(CC)CN=C(N)Nc1cccc(C)c1. The molecule has 0 unspecified atom stereocenters. The Morgan fingerprint density at radius 1 is 1.39 bits per heavy atom. The third-order valence-corrected chi connectivity index (χ3v) is 3.15. The van der Waals surface area contributed by atoms with Crippen LogP contribution in [0.15, 0.2) is 29.3 Å². The lowest BCUT2D eigenvalue weighted by atomic mass is 9.98. The summed E-state index contributed by atoms with van der Waals surface area (Å²) >= 11 is 0. The van der Waals surface area contributed by atoms with Crippen molar-refractivity contribution in [2.45, 2.75) is 39.2 Å². The number of guanidine groups is 1. The van der Waals surface area contributed by atoms with Gasteiger partial charge in [-0.05, 0) is 37.5 Å². The first-order chi connectivity index (χ1) is 8.49. The Morgan fingerprint density at radius 2 is 2.06 bits per heavy atom. The van der Waals surface area contributed by atoms with Crippen molar-refractivity contribution in [3.63, 3.8) is 0 Å². The molecule has 1 aromatic rings. The number of aliphatic imine (C=N–C) groups is 1. The molecule has 4 nitrogen and oxygen atoms in total. The largest absolute Gasteiger partial charge is 0.388 e. The molecular formula is C14H23N3O. The van der Waals surface area contributed by atoms with Crippen LogP contribution >= 0.6 is 0 Å². The number of nitrogens with one attached hydrogen (secondary N) is 1. The second-order valence-electron chi connectivity index (χ2n) is 4.63. The summed E-state index contributed by atoms with van der Waals surface area (Å²) in [6.45, 7) is 6.24. The van der Waals surface area contributed by atoms with E-state index >= 15 is 0 Å². The van der Waals surface area contributed by atoms with Gasteiger partial charge in [0.15, 0.2) is 5.96 Å². The van der Waals surface area contributed by atoms with Crippen molar-refractivity contribution in [1.29, 1.82) is 0 Å². The summed E-state index contributed by atoms with van der Waals surface area (Å²) in [5.74, 6) is 0.334. The highest BCUT2D eigenvalue weighted by atomic mass is 16.3. The molecule has 4 N–H and O–H groups in total. The number of nitrogens with zero attached hydrogens (tertiary/aromatic N) is 1. The Hall–Kier alpha value is -1.55. The standard InChI is InChI=1S/C14H23N3O/c1-4-14(18,5-2)10-16-13(15)17-12-8-6-7-11(3)9-12/h6-9,18H,4-5,10H2,1-3H3,(H3,15,16,17). The predicted molar refractivity (Wildman–Crippen MR) is 76.8 cm³/mol. The maximum atomic E-state index is 10.1. The molecule has 0 saturated carbocycles. The van der Waals surface area contributed by atoms with E-state index in [1.807, 2.05) is 45.0 Å². The van der Waals surface area contributed by atoms with E-state index < -0.39 is 5.60 Å². The van der Waals surface area contributed by atoms with E-state index in [4.69, 9.17) is 5.73 Å². The topological polar surface area (TPSA) is 70.6 Å². The minimum Gasteiger partial charge on any atom is -0.388 e. The average Bonchev–Trinajstić information content (AvgIpc) is 2.36. The van der Waals surface area contributed by atoms with Crippen molar-refractivity contribution in [1.82, 2.24) is 0 Å². The zero-order valence-corrected chi connectivity index (χ0v) is 11.4. The van der Waals surface area contributed by atoms with Gasteiger partial charge in [0, 0.05) is 5.69 Å². The number of hydrogen-bond donors (Lipinski definition) is 3. The van der Waals surface area contributed by atoms with Gasteiger partial charge in [0.1, 0.15) is 0 Å².